The van der Waals surface area contributed by atoms with Crippen molar-refractivity contribution in [2.24, 2.45) is 10.7 Å². The minimum Gasteiger partial charge on any atom is -0.444 e. The molecule has 0 amide bonds. The van der Waals surface area contributed by atoms with E-state index in [-0.39, 0.29) is 5.82 Å². The first kappa shape index (κ1) is 18.4. The molecule has 1 aromatic carbocycles. The standard InChI is InChI=1S/C19H21FN6OS/c20-15-3-1-14(2-4-15)17-24-16(13-27-17)5-6-22-18(21)25-8-10-26(11-9-25)19-23-7-12-28-19/h1-4,7,12-13H,5-6,8-11H2,(H2,21,22). The molecule has 0 unspecified atom stereocenters. The predicted molar refractivity (Wildman–Crippen MR) is 108 cm³/mol. The van der Waals surface area contributed by atoms with Crippen molar-refractivity contribution in [1.29, 1.82) is 0 Å². The maximum atomic E-state index is 13.0. The lowest BCUT2D eigenvalue weighted by molar-refractivity contribution is 0.380. The number of aliphatic imine (C=N–C) groups is 1. The Morgan fingerprint density at radius 3 is 2.71 bits per heavy atom. The fraction of sp³-hybridized carbons (Fsp3) is 0.316. The highest BCUT2D eigenvalue weighted by Gasteiger charge is 2.19. The SMILES string of the molecule is NC(=NCCc1coc(-c2ccc(F)cc2)n1)N1CCN(c2nccs2)CC1. The van der Waals surface area contributed by atoms with Crippen LogP contribution in [0.1, 0.15) is 5.69 Å². The van der Waals surface area contributed by atoms with Crippen molar-refractivity contribution in [2.45, 2.75) is 6.42 Å². The number of benzene rings is 1. The molecule has 0 saturated carbocycles. The first-order valence-corrected chi connectivity index (χ1v) is 9.96. The van der Waals surface area contributed by atoms with Crippen molar-refractivity contribution in [3.8, 4) is 11.5 Å². The van der Waals surface area contributed by atoms with E-state index in [9.17, 15) is 4.39 Å². The molecule has 0 radical (unpaired) electrons. The number of aromatic nitrogens is 2. The molecule has 28 heavy (non-hydrogen) atoms. The Hall–Kier alpha value is -2.94. The maximum absolute atomic E-state index is 13.0. The number of guanidine groups is 1. The van der Waals surface area contributed by atoms with Gasteiger partial charge in [0.2, 0.25) is 5.89 Å². The van der Waals surface area contributed by atoms with Gasteiger partial charge in [-0.3, -0.25) is 4.99 Å². The molecule has 2 aromatic heterocycles. The van der Waals surface area contributed by atoms with Crippen LogP contribution in [0.3, 0.4) is 0 Å². The molecule has 7 nitrogen and oxygen atoms in total. The van der Waals surface area contributed by atoms with Crippen LogP contribution in [0.4, 0.5) is 9.52 Å². The Morgan fingerprint density at radius 2 is 2.00 bits per heavy atom. The first-order valence-electron chi connectivity index (χ1n) is 9.09. The highest BCUT2D eigenvalue weighted by Crippen LogP contribution is 2.20. The summed E-state index contributed by atoms with van der Waals surface area (Å²) in [6.45, 7) is 3.96. The van der Waals surface area contributed by atoms with E-state index in [0.29, 0.717) is 24.8 Å². The number of hydrogen-bond donors (Lipinski definition) is 1. The van der Waals surface area contributed by atoms with Gasteiger partial charge in [0.25, 0.3) is 0 Å². The molecule has 1 fully saturated rings. The lowest BCUT2D eigenvalue weighted by atomic mass is 10.2. The molecule has 1 aliphatic heterocycles. The molecule has 1 saturated heterocycles. The maximum Gasteiger partial charge on any atom is 0.226 e. The van der Waals surface area contributed by atoms with Gasteiger partial charge >= 0.3 is 0 Å². The van der Waals surface area contributed by atoms with Crippen LogP contribution >= 0.6 is 11.3 Å². The summed E-state index contributed by atoms with van der Waals surface area (Å²) in [5.41, 5.74) is 7.69. The average molecular weight is 400 g/mol. The summed E-state index contributed by atoms with van der Waals surface area (Å²) in [5, 5.41) is 3.04. The quantitative estimate of drug-likeness (QED) is 0.524. The molecule has 2 N–H and O–H groups in total. The molecule has 0 atom stereocenters. The fourth-order valence-electron chi connectivity index (χ4n) is 3.03. The second kappa shape index (κ2) is 8.39. The minimum absolute atomic E-state index is 0.284. The number of nitrogens with two attached hydrogens (primary N) is 1. The summed E-state index contributed by atoms with van der Waals surface area (Å²) < 4.78 is 18.5. The van der Waals surface area contributed by atoms with E-state index in [1.54, 1.807) is 29.7 Å². The van der Waals surface area contributed by atoms with Crippen molar-refractivity contribution in [3.63, 3.8) is 0 Å². The molecule has 0 bridgehead atoms. The number of nitrogens with zero attached hydrogens (tertiary/aromatic N) is 5. The number of anilines is 1. The monoisotopic (exact) mass is 400 g/mol. The van der Waals surface area contributed by atoms with E-state index < -0.39 is 0 Å². The van der Waals surface area contributed by atoms with E-state index in [4.69, 9.17) is 10.2 Å². The normalized spacial score (nSPS) is 15.2. The van der Waals surface area contributed by atoms with Gasteiger partial charge in [-0.25, -0.2) is 14.4 Å². The van der Waals surface area contributed by atoms with Crippen LogP contribution in [-0.2, 0) is 6.42 Å². The summed E-state index contributed by atoms with van der Waals surface area (Å²) in [6, 6.07) is 6.07. The number of thiazole rings is 1. The first-order chi connectivity index (χ1) is 13.7. The van der Waals surface area contributed by atoms with Gasteiger partial charge in [0.1, 0.15) is 12.1 Å². The molecule has 0 aliphatic carbocycles. The third kappa shape index (κ3) is 4.30. The third-order valence-electron chi connectivity index (χ3n) is 4.58. The number of rotatable bonds is 5. The highest BCUT2D eigenvalue weighted by molar-refractivity contribution is 7.13. The fourth-order valence-corrected chi connectivity index (χ4v) is 3.73. The summed E-state index contributed by atoms with van der Waals surface area (Å²) in [5.74, 6) is 0.749. The molecule has 9 heteroatoms. The molecule has 3 aromatic rings. The summed E-state index contributed by atoms with van der Waals surface area (Å²) in [6.07, 6.45) is 4.06. The number of halogens is 1. The molecular weight excluding hydrogens is 379 g/mol. The second-order valence-corrected chi connectivity index (χ2v) is 7.30. The van der Waals surface area contributed by atoms with Crippen molar-refractivity contribution >= 4 is 22.4 Å². The Labute approximate surface area is 166 Å². The van der Waals surface area contributed by atoms with Crippen LogP contribution in [0.15, 0.2) is 51.5 Å². The molecular formula is C19H21FN6OS. The predicted octanol–water partition coefficient (Wildman–Crippen LogP) is 2.62. The Morgan fingerprint density at radius 1 is 1.21 bits per heavy atom. The molecule has 4 rings (SSSR count). The largest absolute Gasteiger partial charge is 0.444 e. The average Bonchev–Trinajstić information content (AvgIpc) is 3.41. The third-order valence-corrected chi connectivity index (χ3v) is 5.41. The van der Waals surface area contributed by atoms with Crippen molar-refractivity contribution < 1.29 is 8.81 Å². The highest BCUT2D eigenvalue weighted by atomic mass is 32.1. The molecule has 146 valence electrons. The van der Waals surface area contributed by atoms with Gasteiger partial charge in [0.15, 0.2) is 11.1 Å². The van der Waals surface area contributed by atoms with Gasteiger partial charge in [-0.05, 0) is 24.3 Å². The summed E-state index contributed by atoms with van der Waals surface area (Å²) in [7, 11) is 0. The Bertz CT molecular complexity index is 916. The van der Waals surface area contributed by atoms with E-state index >= 15 is 0 Å². The van der Waals surface area contributed by atoms with Gasteiger partial charge in [-0.2, -0.15) is 0 Å². The van der Waals surface area contributed by atoms with E-state index in [1.807, 2.05) is 11.6 Å². The topological polar surface area (TPSA) is 83.8 Å². The van der Waals surface area contributed by atoms with Gasteiger partial charge in [-0.1, -0.05) is 0 Å². The number of oxazole rings is 1. The van der Waals surface area contributed by atoms with Crippen LogP contribution in [0.2, 0.25) is 0 Å². The van der Waals surface area contributed by atoms with Gasteiger partial charge in [0.05, 0.1) is 5.69 Å². The van der Waals surface area contributed by atoms with Crippen LogP contribution < -0.4 is 10.6 Å². The van der Waals surface area contributed by atoms with Crippen molar-refractivity contribution in [1.82, 2.24) is 14.9 Å². The lowest BCUT2D eigenvalue weighted by Crippen LogP contribution is -2.51. The van der Waals surface area contributed by atoms with Crippen LogP contribution in [0.25, 0.3) is 11.5 Å². The smallest absolute Gasteiger partial charge is 0.226 e. The van der Waals surface area contributed by atoms with Gasteiger partial charge in [-0.15, -0.1) is 11.3 Å². The molecule has 0 spiro atoms. The summed E-state index contributed by atoms with van der Waals surface area (Å²) >= 11 is 1.65. The van der Waals surface area contributed by atoms with Crippen LogP contribution in [-0.4, -0.2) is 53.6 Å². The number of hydrogen-bond acceptors (Lipinski definition) is 6. The minimum atomic E-state index is -0.284. The van der Waals surface area contributed by atoms with E-state index in [2.05, 4.69) is 24.8 Å². The zero-order chi connectivity index (χ0) is 19.3. The molecule has 3 heterocycles. The van der Waals surface area contributed by atoms with E-state index in [0.717, 1.165) is 42.6 Å². The van der Waals surface area contributed by atoms with Crippen LogP contribution in [0.5, 0.6) is 0 Å². The second-order valence-electron chi connectivity index (χ2n) is 6.43. The zero-order valence-electron chi connectivity index (χ0n) is 15.3. The Kier molecular flexibility index (Phi) is 5.52. The molecule has 1 aliphatic rings. The Balaban J connectivity index is 1.27. The zero-order valence-corrected chi connectivity index (χ0v) is 16.1. The van der Waals surface area contributed by atoms with Gasteiger partial charge < -0.3 is 20.0 Å². The lowest BCUT2D eigenvalue weighted by Gasteiger charge is -2.35. The van der Waals surface area contributed by atoms with E-state index in [1.165, 1.54) is 12.1 Å². The summed E-state index contributed by atoms with van der Waals surface area (Å²) in [4.78, 5) is 17.6. The van der Waals surface area contributed by atoms with Gasteiger partial charge in [0, 0.05) is 56.3 Å². The van der Waals surface area contributed by atoms with Crippen molar-refractivity contribution in [3.05, 3.63) is 53.6 Å². The van der Waals surface area contributed by atoms with Crippen LogP contribution in [0, 0.1) is 5.82 Å². The number of piperazine rings is 1. The van der Waals surface area contributed by atoms with Crippen molar-refractivity contribution in [2.75, 3.05) is 37.6 Å².